The van der Waals surface area contributed by atoms with Crippen molar-refractivity contribution in [3.05, 3.63) is 29.8 Å². The van der Waals surface area contributed by atoms with Gasteiger partial charge in [0.05, 0.1) is 11.0 Å². The van der Waals surface area contributed by atoms with E-state index in [2.05, 4.69) is 20.7 Å². The second-order valence-electron chi connectivity index (χ2n) is 4.71. The van der Waals surface area contributed by atoms with Crippen LogP contribution in [0.5, 0.6) is 0 Å². The molecule has 1 aliphatic carbocycles. The van der Waals surface area contributed by atoms with E-state index in [1.54, 1.807) is 19.2 Å². The molecule has 0 heterocycles. The van der Waals surface area contributed by atoms with Gasteiger partial charge >= 0.3 is 0 Å². The zero-order valence-electron chi connectivity index (χ0n) is 10.8. The lowest BCUT2D eigenvalue weighted by Gasteiger charge is -2.19. The van der Waals surface area contributed by atoms with Crippen LogP contribution in [-0.4, -0.2) is 27.7 Å². The topological polar surface area (TPSA) is 55.4 Å². The van der Waals surface area contributed by atoms with Crippen LogP contribution in [0.4, 0.5) is 0 Å². The third kappa shape index (κ3) is 3.56. The van der Waals surface area contributed by atoms with E-state index in [9.17, 15) is 8.42 Å². The van der Waals surface area contributed by atoms with Crippen molar-refractivity contribution in [3.8, 4) is 0 Å². The van der Waals surface area contributed by atoms with Gasteiger partial charge < -0.3 is 4.74 Å². The zero-order chi connectivity index (χ0) is 13.9. The van der Waals surface area contributed by atoms with Crippen molar-refractivity contribution in [1.82, 2.24) is 4.72 Å². The molecule has 106 valence electrons. The van der Waals surface area contributed by atoms with Crippen molar-refractivity contribution < 1.29 is 13.2 Å². The second-order valence-corrected chi connectivity index (χ2v) is 6.99. The molecule has 2 unspecified atom stereocenters. The third-order valence-electron chi connectivity index (χ3n) is 3.45. The lowest BCUT2D eigenvalue weighted by molar-refractivity contribution is 0.0916. The molecular formula is C13H18BrNO3S. The van der Waals surface area contributed by atoms with Crippen molar-refractivity contribution >= 4 is 26.0 Å². The first-order chi connectivity index (χ1) is 9.06. The second kappa shape index (κ2) is 6.35. The molecule has 6 heteroatoms. The maximum absolute atomic E-state index is 12.3. The third-order valence-corrected chi connectivity index (χ3v) is 5.60. The van der Waals surface area contributed by atoms with E-state index in [1.165, 1.54) is 0 Å². The summed E-state index contributed by atoms with van der Waals surface area (Å²) in [5.74, 6) is 0. The molecule has 1 aromatic rings. The summed E-state index contributed by atoms with van der Waals surface area (Å²) in [6.45, 7) is 0. The molecular weight excluding hydrogens is 330 g/mol. The molecule has 0 amide bonds. The summed E-state index contributed by atoms with van der Waals surface area (Å²) < 4.78 is 32.6. The Morgan fingerprint density at radius 3 is 2.58 bits per heavy atom. The van der Waals surface area contributed by atoms with Crippen LogP contribution in [0.25, 0.3) is 0 Å². The summed E-state index contributed by atoms with van der Waals surface area (Å²) in [6, 6.07) is 6.77. The molecule has 0 bridgehead atoms. The van der Waals surface area contributed by atoms with E-state index < -0.39 is 10.0 Å². The van der Waals surface area contributed by atoms with E-state index in [4.69, 9.17) is 4.74 Å². The molecule has 2 atom stereocenters. The fourth-order valence-corrected chi connectivity index (χ4v) is 4.04. The highest BCUT2D eigenvalue weighted by Crippen LogP contribution is 2.23. The quantitative estimate of drug-likeness (QED) is 0.832. The van der Waals surface area contributed by atoms with Gasteiger partial charge in [0.1, 0.15) is 0 Å². The minimum absolute atomic E-state index is 0.0170. The van der Waals surface area contributed by atoms with Gasteiger partial charge in [0, 0.05) is 18.5 Å². The number of ether oxygens (including phenoxy) is 1. The Bertz CT molecular complexity index is 515. The monoisotopic (exact) mass is 347 g/mol. The summed E-state index contributed by atoms with van der Waals surface area (Å²) in [6.07, 6.45) is 2.72. The number of hydrogen-bond donors (Lipinski definition) is 1. The Balaban J connectivity index is 2.13. The van der Waals surface area contributed by atoms with Crippen LogP contribution in [-0.2, 0) is 20.1 Å². The Hall–Kier alpha value is -0.430. The van der Waals surface area contributed by atoms with Gasteiger partial charge in [-0.1, -0.05) is 28.1 Å². The molecule has 1 fully saturated rings. The first kappa shape index (κ1) is 15.0. The van der Waals surface area contributed by atoms with Gasteiger partial charge in [-0.2, -0.15) is 0 Å². The largest absolute Gasteiger partial charge is 0.380 e. The maximum atomic E-state index is 12.3. The first-order valence-electron chi connectivity index (χ1n) is 6.27. The predicted octanol–water partition coefficient (Wildman–Crippen LogP) is 2.43. The molecule has 1 aromatic carbocycles. The van der Waals surface area contributed by atoms with Gasteiger partial charge in [-0.15, -0.1) is 0 Å². The average Bonchev–Trinajstić information content (AvgIpc) is 2.85. The summed E-state index contributed by atoms with van der Waals surface area (Å²) in [5.41, 5.74) is 1.05. The van der Waals surface area contributed by atoms with Crippen LogP contribution >= 0.6 is 15.9 Å². The Kier molecular flexibility index (Phi) is 5.00. The minimum Gasteiger partial charge on any atom is -0.380 e. The van der Waals surface area contributed by atoms with Gasteiger partial charge in [0.15, 0.2) is 0 Å². The van der Waals surface area contributed by atoms with E-state index in [0.717, 1.165) is 30.2 Å². The van der Waals surface area contributed by atoms with Crippen LogP contribution in [0, 0.1) is 0 Å². The highest BCUT2D eigenvalue weighted by atomic mass is 79.9. The van der Waals surface area contributed by atoms with Crippen LogP contribution in [0.3, 0.4) is 0 Å². The lowest BCUT2D eigenvalue weighted by Crippen LogP contribution is -2.40. The first-order valence-corrected chi connectivity index (χ1v) is 8.87. The Morgan fingerprint density at radius 2 is 2.00 bits per heavy atom. The van der Waals surface area contributed by atoms with Crippen LogP contribution in [0.1, 0.15) is 24.8 Å². The maximum Gasteiger partial charge on any atom is 0.240 e. The van der Waals surface area contributed by atoms with E-state index in [1.807, 2.05) is 12.1 Å². The molecule has 19 heavy (non-hydrogen) atoms. The fourth-order valence-electron chi connectivity index (χ4n) is 2.37. The van der Waals surface area contributed by atoms with Gasteiger partial charge in [-0.3, -0.25) is 0 Å². The number of nitrogens with one attached hydrogen (secondary N) is 1. The number of alkyl halides is 1. The molecule has 0 aromatic heterocycles. The van der Waals surface area contributed by atoms with Gasteiger partial charge in [-0.05, 0) is 37.0 Å². The standard InChI is InChI=1S/C13H18BrNO3S/c1-18-13-4-2-3-12(13)15-19(16,17)11-7-5-10(9-14)6-8-11/h5-8,12-13,15H,2-4,9H2,1H3. The van der Waals surface area contributed by atoms with E-state index >= 15 is 0 Å². The summed E-state index contributed by atoms with van der Waals surface area (Å²) in [5, 5.41) is 0.717. The molecule has 0 saturated heterocycles. The zero-order valence-corrected chi connectivity index (χ0v) is 13.2. The molecule has 0 aliphatic heterocycles. The number of methoxy groups -OCH3 is 1. The predicted molar refractivity (Wildman–Crippen MR) is 77.8 cm³/mol. The highest BCUT2D eigenvalue weighted by Gasteiger charge is 2.31. The molecule has 1 saturated carbocycles. The van der Waals surface area contributed by atoms with Crippen LogP contribution in [0.15, 0.2) is 29.2 Å². The summed E-state index contributed by atoms with van der Waals surface area (Å²) in [4.78, 5) is 0.305. The van der Waals surface area contributed by atoms with Crippen LogP contribution in [0.2, 0.25) is 0 Å². The van der Waals surface area contributed by atoms with Crippen molar-refractivity contribution in [3.63, 3.8) is 0 Å². The van der Waals surface area contributed by atoms with Gasteiger partial charge in [0.25, 0.3) is 0 Å². The number of rotatable bonds is 5. The van der Waals surface area contributed by atoms with Crippen molar-refractivity contribution in [2.24, 2.45) is 0 Å². The molecule has 0 radical (unpaired) electrons. The lowest BCUT2D eigenvalue weighted by atomic mass is 10.2. The normalized spacial score (nSPS) is 23.7. The SMILES string of the molecule is COC1CCCC1NS(=O)(=O)c1ccc(CBr)cc1. The fraction of sp³-hybridized carbons (Fsp3) is 0.538. The van der Waals surface area contributed by atoms with E-state index in [-0.39, 0.29) is 12.1 Å². The van der Waals surface area contributed by atoms with Crippen molar-refractivity contribution in [2.75, 3.05) is 7.11 Å². The van der Waals surface area contributed by atoms with Crippen molar-refractivity contribution in [2.45, 2.75) is 41.6 Å². The number of halogens is 1. The Labute approximate surface area is 122 Å². The number of hydrogen-bond acceptors (Lipinski definition) is 3. The van der Waals surface area contributed by atoms with Crippen LogP contribution < -0.4 is 4.72 Å². The summed E-state index contributed by atoms with van der Waals surface area (Å²) >= 11 is 3.34. The number of sulfonamides is 1. The smallest absolute Gasteiger partial charge is 0.240 e. The molecule has 0 spiro atoms. The highest BCUT2D eigenvalue weighted by molar-refractivity contribution is 9.08. The average molecular weight is 348 g/mol. The van der Waals surface area contributed by atoms with Gasteiger partial charge in [0.2, 0.25) is 10.0 Å². The summed E-state index contributed by atoms with van der Waals surface area (Å²) in [7, 11) is -1.83. The molecule has 1 N–H and O–H groups in total. The molecule has 2 rings (SSSR count). The van der Waals surface area contributed by atoms with E-state index in [0.29, 0.717) is 4.90 Å². The van der Waals surface area contributed by atoms with Crippen molar-refractivity contribution in [1.29, 1.82) is 0 Å². The Morgan fingerprint density at radius 1 is 1.32 bits per heavy atom. The minimum atomic E-state index is -3.46. The van der Waals surface area contributed by atoms with Gasteiger partial charge in [-0.25, -0.2) is 13.1 Å². The molecule has 1 aliphatic rings. The number of benzene rings is 1. The molecule has 4 nitrogen and oxygen atoms in total.